The molecule has 1 heterocycles. The average Bonchev–Trinajstić information content (AvgIpc) is 2.93. The molecule has 1 aliphatic heterocycles. The van der Waals surface area contributed by atoms with Gasteiger partial charge < -0.3 is 34.6 Å². The molecule has 146 valence electrons. The van der Waals surface area contributed by atoms with Crippen LogP contribution in [0, 0.1) is 0 Å². The Kier molecular flexibility index (Phi) is 10.5. The van der Waals surface area contributed by atoms with Crippen molar-refractivity contribution in [2.45, 2.75) is 63.8 Å². The number of carbonyl (C=O) groups excluding carboxylic acids is 1. The predicted molar refractivity (Wildman–Crippen MR) is 88.4 cm³/mol. The summed E-state index contributed by atoms with van der Waals surface area (Å²) in [6.45, 7) is 1.04. The number of carbonyl (C=O) groups is 1. The highest BCUT2D eigenvalue weighted by atomic mass is 16.6. The Morgan fingerprint density at radius 3 is 2.36 bits per heavy atom. The molecule has 0 saturated carbocycles. The Labute approximate surface area is 148 Å². The summed E-state index contributed by atoms with van der Waals surface area (Å²) in [6, 6.07) is 0. The van der Waals surface area contributed by atoms with Crippen LogP contribution in [0.1, 0.15) is 45.4 Å². The fourth-order valence-electron chi connectivity index (χ4n) is 2.38. The highest BCUT2D eigenvalue weighted by molar-refractivity contribution is 5.89. The normalized spacial score (nSPS) is 19.7. The monoisotopic (exact) mass is 362 g/mol. The van der Waals surface area contributed by atoms with Crippen LogP contribution in [0.5, 0.6) is 0 Å². The van der Waals surface area contributed by atoms with Crippen molar-refractivity contribution in [1.29, 1.82) is 0 Å². The molecule has 0 saturated heterocycles. The van der Waals surface area contributed by atoms with Crippen molar-refractivity contribution in [2.24, 2.45) is 0 Å². The first-order valence-electron chi connectivity index (χ1n) is 8.83. The molecule has 0 aliphatic carbocycles. The molecule has 3 atom stereocenters. The first kappa shape index (κ1) is 21.7. The summed E-state index contributed by atoms with van der Waals surface area (Å²) >= 11 is 0. The first-order chi connectivity index (χ1) is 12.0. The first-order valence-corrected chi connectivity index (χ1v) is 8.83. The summed E-state index contributed by atoms with van der Waals surface area (Å²) in [4.78, 5) is 11.9. The lowest BCUT2D eigenvalue weighted by atomic mass is 10.1. The van der Waals surface area contributed by atoms with Gasteiger partial charge >= 0.3 is 5.97 Å². The van der Waals surface area contributed by atoms with Crippen molar-refractivity contribution in [3.8, 4) is 0 Å². The van der Waals surface area contributed by atoms with Crippen LogP contribution in [0.4, 0.5) is 0 Å². The number of aliphatic hydroxyl groups is 4. The van der Waals surface area contributed by atoms with Gasteiger partial charge in [0.2, 0.25) is 5.76 Å². The third-order valence-electron chi connectivity index (χ3n) is 3.82. The smallest absolute Gasteiger partial charge is 0.378 e. The maximum Gasteiger partial charge on any atom is 0.378 e. The Bertz CT molecular complexity index is 423. The van der Waals surface area contributed by atoms with Crippen LogP contribution in [-0.4, -0.2) is 71.1 Å². The van der Waals surface area contributed by atoms with Crippen LogP contribution in [-0.2, 0) is 19.0 Å². The molecule has 0 spiro atoms. The van der Waals surface area contributed by atoms with E-state index in [1.165, 1.54) is 19.3 Å². The number of unbranched alkanes of at least 4 members (excludes halogenated alkanes) is 5. The van der Waals surface area contributed by atoms with Gasteiger partial charge in [0.05, 0.1) is 19.8 Å². The Hall–Kier alpha value is -1.35. The fourth-order valence-corrected chi connectivity index (χ4v) is 2.38. The fraction of sp³-hybridized carbons (Fsp3) is 0.824. The van der Waals surface area contributed by atoms with E-state index >= 15 is 0 Å². The predicted octanol–water partition coefficient (Wildman–Crippen LogP) is 0.223. The van der Waals surface area contributed by atoms with Crippen molar-refractivity contribution in [2.75, 3.05) is 26.4 Å². The number of ether oxygens (including phenoxy) is 3. The summed E-state index contributed by atoms with van der Waals surface area (Å²) in [7, 11) is 0. The third kappa shape index (κ3) is 7.19. The molecule has 1 rings (SSSR count). The third-order valence-corrected chi connectivity index (χ3v) is 3.82. The molecule has 0 fully saturated rings. The molecule has 0 radical (unpaired) electrons. The minimum absolute atomic E-state index is 0.0187. The lowest BCUT2D eigenvalue weighted by molar-refractivity contribution is -0.149. The molecule has 0 aromatic rings. The summed E-state index contributed by atoms with van der Waals surface area (Å²) in [5.41, 5.74) is 0. The van der Waals surface area contributed by atoms with Crippen LogP contribution in [0.2, 0.25) is 0 Å². The number of hydrogen-bond donors (Lipinski definition) is 4. The highest BCUT2D eigenvalue weighted by Crippen LogP contribution is 2.27. The van der Waals surface area contributed by atoms with Gasteiger partial charge in [0, 0.05) is 0 Å². The van der Waals surface area contributed by atoms with Gasteiger partial charge in [0.25, 0.3) is 0 Å². The van der Waals surface area contributed by atoms with Crippen molar-refractivity contribution in [1.82, 2.24) is 0 Å². The van der Waals surface area contributed by atoms with Crippen LogP contribution in [0.25, 0.3) is 0 Å². The molecule has 1 aliphatic rings. The molecule has 25 heavy (non-hydrogen) atoms. The van der Waals surface area contributed by atoms with Gasteiger partial charge in [0.15, 0.2) is 11.9 Å². The van der Waals surface area contributed by atoms with Gasteiger partial charge in [-0.2, -0.15) is 0 Å². The maximum absolute atomic E-state index is 11.9. The van der Waals surface area contributed by atoms with E-state index in [-0.39, 0.29) is 18.1 Å². The number of aliphatic hydroxyl groups excluding tert-OH is 4. The second-order valence-electron chi connectivity index (χ2n) is 6.03. The second-order valence-corrected chi connectivity index (χ2v) is 6.03. The van der Waals surface area contributed by atoms with Crippen LogP contribution in [0.3, 0.4) is 0 Å². The molecular weight excluding hydrogens is 332 g/mol. The van der Waals surface area contributed by atoms with Crippen LogP contribution in [0.15, 0.2) is 11.5 Å². The minimum atomic E-state index is -1.33. The quantitative estimate of drug-likeness (QED) is 0.255. The zero-order valence-corrected chi connectivity index (χ0v) is 14.7. The van der Waals surface area contributed by atoms with Gasteiger partial charge in [0.1, 0.15) is 18.8 Å². The largest absolute Gasteiger partial charge is 0.490 e. The number of hydrogen-bond acceptors (Lipinski definition) is 8. The molecule has 0 bridgehead atoms. The Balaban J connectivity index is 2.62. The number of cyclic esters (lactones) is 1. The topological polar surface area (TPSA) is 126 Å². The van der Waals surface area contributed by atoms with Crippen molar-refractivity contribution in [3.05, 3.63) is 11.5 Å². The van der Waals surface area contributed by atoms with E-state index in [1.54, 1.807) is 0 Å². The Morgan fingerprint density at radius 2 is 1.72 bits per heavy atom. The summed E-state index contributed by atoms with van der Waals surface area (Å²) in [5.74, 6) is -1.05. The van der Waals surface area contributed by atoms with Gasteiger partial charge in [-0.3, -0.25) is 0 Å². The average molecular weight is 362 g/mol. The van der Waals surface area contributed by atoms with Gasteiger partial charge in [-0.1, -0.05) is 39.0 Å². The molecule has 0 aromatic heterocycles. The van der Waals surface area contributed by atoms with Crippen molar-refractivity contribution in [3.63, 3.8) is 0 Å². The van der Waals surface area contributed by atoms with Crippen molar-refractivity contribution < 1.29 is 39.4 Å². The standard InChI is InChI=1S/C17H30O8/c1-2-3-4-5-6-7-8-23-15-14(13(21)10-19)25-17(22)16(15)24-11-12(20)9-18/h12-14,18-21H,2-11H2,1H3/t12-,13+,14-/m1/s1. The SMILES string of the molecule is CCCCCCCCOC1=C(OC[C@H](O)CO)C(=O)O[C@@H]1[C@@H](O)CO. The molecule has 0 unspecified atom stereocenters. The van der Waals surface area contributed by atoms with Gasteiger partial charge in [-0.25, -0.2) is 4.79 Å². The Morgan fingerprint density at radius 1 is 1.04 bits per heavy atom. The lowest BCUT2D eigenvalue weighted by Gasteiger charge is -2.18. The minimum Gasteiger partial charge on any atom is -0.490 e. The zero-order chi connectivity index (χ0) is 18.7. The van der Waals surface area contributed by atoms with E-state index in [4.69, 9.17) is 24.4 Å². The molecule has 0 amide bonds. The van der Waals surface area contributed by atoms with E-state index in [2.05, 4.69) is 6.92 Å². The van der Waals surface area contributed by atoms with Crippen LogP contribution >= 0.6 is 0 Å². The number of rotatable bonds is 14. The van der Waals surface area contributed by atoms with E-state index in [1.807, 2.05) is 0 Å². The highest BCUT2D eigenvalue weighted by Gasteiger charge is 2.42. The van der Waals surface area contributed by atoms with E-state index < -0.39 is 37.5 Å². The molecule has 8 heteroatoms. The van der Waals surface area contributed by atoms with E-state index in [9.17, 15) is 15.0 Å². The zero-order valence-electron chi connectivity index (χ0n) is 14.7. The maximum atomic E-state index is 11.9. The van der Waals surface area contributed by atoms with E-state index in [0.29, 0.717) is 6.61 Å². The molecular formula is C17H30O8. The lowest BCUT2D eigenvalue weighted by Crippen LogP contribution is -2.32. The second kappa shape index (κ2) is 12.1. The van der Waals surface area contributed by atoms with Crippen LogP contribution < -0.4 is 0 Å². The molecule has 4 N–H and O–H groups in total. The van der Waals surface area contributed by atoms with Gasteiger partial charge in [-0.15, -0.1) is 0 Å². The molecule has 8 nitrogen and oxygen atoms in total. The molecule has 0 aromatic carbocycles. The van der Waals surface area contributed by atoms with Gasteiger partial charge in [-0.05, 0) is 6.42 Å². The summed E-state index contributed by atoms with van der Waals surface area (Å²) < 4.78 is 15.8. The van der Waals surface area contributed by atoms with Crippen molar-refractivity contribution >= 4 is 5.97 Å². The number of esters is 1. The summed E-state index contributed by atoms with van der Waals surface area (Å²) in [5, 5.41) is 37.1. The van der Waals surface area contributed by atoms with E-state index in [0.717, 1.165) is 19.3 Å². The summed E-state index contributed by atoms with van der Waals surface area (Å²) in [6.07, 6.45) is 2.77.